The van der Waals surface area contributed by atoms with Gasteiger partial charge in [-0.25, -0.2) is 8.78 Å². The molecule has 1 aliphatic heterocycles. The van der Waals surface area contributed by atoms with Crippen LogP contribution >= 0.6 is 0 Å². The number of hydrogen-bond donors (Lipinski definition) is 1. The van der Waals surface area contributed by atoms with Gasteiger partial charge in [0, 0.05) is 32.2 Å². The lowest BCUT2D eigenvalue weighted by molar-refractivity contribution is -0.130. The number of carbonyl (C=O) groups is 1. The molecule has 0 radical (unpaired) electrons. The van der Waals surface area contributed by atoms with Crippen LogP contribution < -0.4 is 0 Å². The third kappa shape index (κ3) is 5.59. The van der Waals surface area contributed by atoms with Crippen LogP contribution in [0.2, 0.25) is 0 Å². The molecule has 1 heterocycles. The van der Waals surface area contributed by atoms with E-state index >= 15 is 0 Å². The van der Waals surface area contributed by atoms with Gasteiger partial charge in [0.15, 0.2) is 0 Å². The maximum absolute atomic E-state index is 13.8. The van der Waals surface area contributed by atoms with Crippen LogP contribution in [0.4, 0.5) is 8.78 Å². The molecule has 0 saturated carbocycles. The van der Waals surface area contributed by atoms with E-state index in [2.05, 4.69) is 4.90 Å². The largest absolute Gasteiger partial charge is 0.388 e. The first-order valence-electron chi connectivity index (χ1n) is 9.70. The summed E-state index contributed by atoms with van der Waals surface area (Å²) >= 11 is 0. The Balaban J connectivity index is 1.48. The molecule has 4 nitrogen and oxygen atoms in total. The quantitative estimate of drug-likeness (QED) is 0.827. The van der Waals surface area contributed by atoms with E-state index in [0.717, 1.165) is 37.7 Å². The van der Waals surface area contributed by atoms with Crippen LogP contribution in [-0.4, -0.2) is 53.5 Å². The van der Waals surface area contributed by atoms with Crippen molar-refractivity contribution in [3.63, 3.8) is 0 Å². The van der Waals surface area contributed by atoms with E-state index in [1.54, 1.807) is 4.90 Å². The number of hydrogen-bond acceptors (Lipinski definition) is 3. The Labute approximate surface area is 164 Å². The van der Waals surface area contributed by atoms with Crippen molar-refractivity contribution in [1.82, 2.24) is 9.80 Å². The Kier molecular flexibility index (Phi) is 7.12. The SMILES string of the molecule is O=C(Cc1ccc(F)cc1F)N1CCCN(CC[C@@H](O)c2ccccc2)CC1. The second kappa shape index (κ2) is 9.75. The smallest absolute Gasteiger partial charge is 0.227 e. The number of carbonyl (C=O) groups excluding carboxylic acids is 1. The van der Waals surface area contributed by atoms with E-state index in [1.165, 1.54) is 12.1 Å². The summed E-state index contributed by atoms with van der Waals surface area (Å²) in [4.78, 5) is 16.5. The zero-order valence-electron chi connectivity index (χ0n) is 15.9. The molecular weight excluding hydrogens is 362 g/mol. The van der Waals surface area contributed by atoms with Crippen molar-refractivity contribution in [3.05, 3.63) is 71.3 Å². The molecular formula is C22H26F2N2O2. The second-order valence-corrected chi connectivity index (χ2v) is 7.20. The molecule has 0 aromatic heterocycles. The van der Waals surface area contributed by atoms with Gasteiger partial charge >= 0.3 is 0 Å². The van der Waals surface area contributed by atoms with Gasteiger partial charge in [-0.2, -0.15) is 0 Å². The Bertz CT molecular complexity index is 785. The summed E-state index contributed by atoms with van der Waals surface area (Å²) < 4.78 is 26.8. The van der Waals surface area contributed by atoms with Crippen LogP contribution in [0.25, 0.3) is 0 Å². The Morgan fingerprint density at radius 1 is 1.04 bits per heavy atom. The van der Waals surface area contributed by atoms with Gasteiger partial charge in [-0.3, -0.25) is 4.79 Å². The average Bonchev–Trinajstić information content (AvgIpc) is 2.94. The lowest BCUT2D eigenvalue weighted by atomic mass is 10.1. The predicted octanol–water partition coefficient (Wildman–Crippen LogP) is 3.17. The molecule has 1 atom stereocenters. The minimum atomic E-state index is -0.681. The number of nitrogens with zero attached hydrogens (tertiary/aromatic N) is 2. The van der Waals surface area contributed by atoms with Crippen LogP contribution in [0.3, 0.4) is 0 Å². The third-order valence-corrected chi connectivity index (χ3v) is 5.20. The van der Waals surface area contributed by atoms with Gasteiger partial charge in [0.05, 0.1) is 12.5 Å². The highest BCUT2D eigenvalue weighted by Crippen LogP contribution is 2.17. The number of rotatable bonds is 6. The third-order valence-electron chi connectivity index (χ3n) is 5.20. The van der Waals surface area contributed by atoms with E-state index in [-0.39, 0.29) is 17.9 Å². The highest BCUT2D eigenvalue weighted by molar-refractivity contribution is 5.78. The average molecular weight is 388 g/mol. The fourth-order valence-corrected chi connectivity index (χ4v) is 3.53. The molecule has 0 aliphatic carbocycles. The van der Waals surface area contributed by atoms with E-state index in [9.17, 15) is 18.7 Å². The summed E-state index contributed by atoms with van der Waals surface area (Å²) in [5.41, 5.74) is 1.13. The lowest BCUT2D eigenvalue weighted by Gasteiger charge is -2.23. The molecule has 0 bridgehead atoms. The molecule has 1 saturated heterocycles. The van der Waals surface area contributed by atoms with Gasteiger partial charge in [0.2, 0.25) is 5.91 Å². The van der Waals surface area contributed by atoms with Crippen molar-refractivity contribution in [2.45, 2.75) is 25.4 Å². The minimum Gasteiger partial charge on any atom is -0.388 e. The Morgan fingerprint density at radius 2 is 1.82 bits per heavy atom. The van der Waals surface area contributed by atoms with Crippen LogP contribution in [0.5, 0.6) is 0 Å². The van der Waals surface area contributed by atoms with Gasteiger partial charge in [-0.05, 0) is 36.6 Å². The van der Waals surface area contributed by atoms with Crippen molar-refractivity contribution in [2.24, 2.45) is 0 Å². The topological polar surface area (TPSA) is 43.8 Å². The van der Waals surface area contributed by atoms with Crippen LogP contribution in [0.1, 0.15) is 30.1 Å². The summed E-state index contributed by atoms with van der Waals surface area (Å²) in [6.07, 6.45) is 0.917. The van der Waals surface area contributed by atoms with E-state index in [0.29, 0.717) is 19.5 Å². The summed E-state index contributed by atoms with van der Waals surface area (Å²) in [5, 5.41) is 10.3. The predicted molar refractivity (Wildman–Crippen MR) is 104 cm³/mol. The van der Waals surface area contributed by atoms with Crippen LogP contribution in [-0.2, 0) is 11.2 Å². The van der Waals surface area contributed by atoms with E-state index in [1.807, 2.05) is 30.3 Å². The molecule has 28 heavy (non-hydrogen) atoms. The first kappa shape index (κ1) is 20.4. The van der Waals surface area contributed by atoms with Crippen molar-refractivity contribution in [1.29, 1.82) is 0 Å². The molecule has 1 amide bonds. The highest BCUT2D eigenvalue weighted by atomic mass is 19.1. The molecule has 2 aromatic rings. The van der Waals surface area contributed by atoms with Crippen LogP contribution in [0, 0.1) is 11.6 Å². The van der Waals surface area contributed by atoms with Gasteiger partial charge in [-0.1, -0.05) is 36.4 Å². The highest BCUT2D eigenvalue weighted by Gasteiger charge is 2.21. The number of aliphatic hydroxyl groups excluding tert-OH is 1. The molecule has 1 N–H and O–H groups in total. The standard InChI is InChI=1S/C22H26F2N2O2/c23-19-8-7-18(20(24)16-19)15-22(28)26-11-4-10-25(13-14-26)12-9-21(27)17-5-2-1-3-6-17/h1-3,5-8,16,21,27H,4,9-15H2/t21-/m1/s1. The van der Waals surface area contributed by atoms with Gasteiger partial charge in [0.1, 0.15) is 11.6 Å². The van der Waals surface area contributed by atoms with Gasteiger partial charge < -0.3 is 14.9 Å². The van der Waals surface area contributed by atoms with Gasteiger partial charge in [0.25, 0.3) is 0 Å². The second-order valence-electron chi connectivity index (χ2n) is 7.20. The van der Waals surface area contributed by atoms with Crippen molar-refractivity contribution >= 4 is 5.91 Å². The first-order chi connectivity index (χ1) is 13.5. The molecule has 0 unspecified atom stereocenters. The molecule has 1 aliphatic rings. The zero-order valence-corrected chi connectivity index (χ0v) is 15.9. The summed E-state index contributed by atoms with van der Waals surface area (Å²) in [7, 11) is 0. The Hall–Kier alpha value is -2.31. The summed E-state index contributed by atoms with van der Waals surface area (Å²) in [5.74, 6) is -1.46. The van der Waals surface area contributed by atoms with Crippen molar-refractivity contribution < 1.29 is 18.7 Å². The number of aliphatic hydroxyl groups is 1. The number of halogens is 2. The molecule has 2 aromatic carbocycles. The van der Waals surface area contributed by atoms with E-state index in [4.69, 9.17) is 0 Å². The number of amides is 1. The molecule has 6 heteroatoms. The zero-order chi connectivity index (χ0) is 19.9. The lowest BCUT2D eigenvalue weighted by Crippen LogP contribution is -2.36. The summed E-state index contributed by atoms with van der Waals surface area (Å²) in [6.45, 7) is 3.53. The normalized spacial score (nSPS) is 16.6. The Morgan fingerprint density at radius 3 is 2.57 bits per heavy atom. The molecule has 0 spiro atoms. The molecule has 1 fully saturated rings. The van der Waals surface area contributed by atoms with Crippen molar-refractivity contribution in [2.75, 3.05) is 32.7 Å². The maximum atomic E-state index is 13.8. The number of benzene rings is 2. The first-order valence-corrected chi connectivity index (χ1v) is 9.70. The molecule has 150 valence electrons. The van der Waals surface area contributed by atoms with Crippen LogP contribution in [0.15, 0.2) is 48.5 Å². The van der Waals surface area contributed by atoms with E-state index < -0.39 is 17.7 Å². The fraction of sp³-hybridized carbons (Fsp3) is 0.409. The van der Waals surface area contributed by atoms with Gasteiger partial charge in [-0.15, -0.1) is 0 Å². The molecule has 3 rings (SSSR count). The fourth-order valence-electron chi connectivity index (χ4n) is 3.53. The van der Waals surface area contributed by atoms with Crippen molar-refractivity contribution in [3.8, 4) is 0 Å². The maximum Gasteiger partial charge on any atom is 0.227 e. The minimum absolute atomic E-state index is 0.0567. The summed E-state index contributed by atoms with van der Waals surface area (Å²) in [6, 6.07) is 12.9. The monoisotopic (exact) mass is 388 g/mol.